The van der Waals surface area contributed by atoms with Crippen LogP contribution in [0.4, 0.5) is 8.78 Å². The number of hydrogen-bond donors (Lipinski definition) is 0. The van der Waals surface area contributed by atoms with Crippen LogP contribution >= 0.6 is 81.5 Å². The quantitative estimate of drug-likeness (QED) is 0.226. The Labute approximate surface area is 153 Å². The minimum absolute atomic E-state index is 0.00427. The molecule has 13 heteroatoms. The summed E-state index contributed by atoms with van der Waals surface area (Å²) in [6.07, 6.45) is -2.82. The van der Waals surface area contributed by atoms with Gasteiger partial charge >= 0.3 is 154 Å². The van der Waals surface area contributed by atoms with Gasteiger partial charge in [-0.25, -0.2) is 0 Å². The Morgan fingerprint density at radius 1 is 1.05 bits per heavy atom. The Balaban J connectivity index is 5.49. The third kappa shape index (κ3) is 8.10. The first-order valence-electron chi connectivity index (χ1n) is 5.20. The molecule has 1 unspecified atom stereocenters. The zero-order valence-corrected chi connectivity index (χ0v) is 17.2. The van der Waals surface area contributed by atoms with E-state index in [4.69, 9.17) is 61.7 Å². The molecule has 0 radical (unpaired) electrons. The van der Waals surface area contributed by atoms with E-state index < -0.39 is 43.8 Å². The van der Waals surface area contributed by atoms with E-state index in [1.54, 1.807) is 0 Å². The molecule has 132 valence electrons. The molecule has 0 heterocycles. The van der Waals surface area contributed by atoms with Gasteiger partial charge in [0, 0.05) is 0 Å². The van der Waals surface area contributed by atoms with Crippen molar-refractivity contribution < 1.29 is 24.1 Å². The molecule has 0 N–H and O–H groups in total. The fraction of sp³-hybridized carbons (Fsp3) is 1.00. The van der Waals surface area contributed by atoms with Crippen molar-refractivity contribution in [1.82, 2.24) is 0 Å². The van der Waals surface area contributed by atoms with Gasteiger partial charge in [0.15, 0.2) is 0 Å². The molecule has 21 heavy (non-hydrogen) atoms. The number of alkyl halides is 7. The summed E-state index contributed by atoms with van der Waals surface area (Å²) in [6.45, 7) is -1.22. The van der Waals surface area contributed by atoms with Crippen molar-refractivity contribution in [3.63, 3.8) is 0 Å². The van der Waals surface area contributed by atoms with Crippen LogP contribution in [0.1, 0.15) is 0 Å². The van der Waals surface area contributed by atoms with Crippen molar-refractivity contribution >= 4 is 81.5 Å². The Kier molecular flexibility index (Phi) is 12.7. The van der Waals surface area contributed by atoms with Gasteiger partial charge < -0.3 is 0 Å². The molecular formula is C8H14BrCl4F2IO5. The van der Waals surface area contributed by atoms with Crippen LogP contribution in [0.25, 0.3) is 0 Å². The molecule has 0 aliphatic rings. The molecular weight excluding hydrogens is 563 g/mol. The van der Waals surface area contributed by atoms with E-state index in [2.05, 4.69) is 15.9 Å². The van der Waals surface area contributed by atoms with Crippen molar-refractivity contribution in [2.24, 2.45) is 0 Å². The van der Waals surface area contributed by atoms with E-state index in [-0.39, 0.29) is 23.9 Å². The first kappa shape index (κ1) is 23.0. The molecule has 0 amide bonds. The van der Waals surface area contributed by atoms with Gasteiger partial charge in [0.1, 0.15) is 0 Å². The molecule has 0 aromatic heterocycles. The first-order chi connectivity index (χ1) is 9.87. The number of halogens is 8. The van der Waals surface area contributed by atoms with Gasteiger partial charge in [0.25, 0.3) is 0 Å². The summed E-state index contributed by atoms with van der Waals surface area (Å²) in [5.41, 5.74) is -1.37. The van der Waals surface area contributed by atoms with E-state index in [9.17, 15) is 8.78 Å². The molecule has 0 rings (SSSR count). The summed E-state index contributed by atoms with van der Waals surface area (Å²) in [6, 6.07) is -0.501. The topological polar surface area (TPSA) is 46.2 Å². The van der Waals surface area contributed by atoms with Gasteiger partial charge in [-0.2, -0.15) is 0 Å². The Morgan fingerprint density at radius 3 is 2.14 bits per heavy atom. The zero-order valence-electron chi connectivity index (χ0n) is 10.5. The van der Waals surface area contributed by atoms with Crippen molar-refractivity contribution in [3.8, 4) is 0 Å². The molecule has 0 aromatic rings. The van der Waals surface area contributed by atoms with Crippen molar-refractivity contribution in [2.45, 2.75) is 12.0 Å². The van der Waals surface area contributed by atoms with Crippen LogP contribution in [-0.2, 0) is 15.3 Å². The van der Waals surface area contributed by atoms with Crippen molar-refractivity contribution in [2.75, 3.05) is 36.6 Å². The van der Waals surface area contributed by atoms with Crippen LogP contribution in [-0.4, -0.2) is 48.5 Å². The minimum atomic E-state index is -5.70. The second-order valence-electron chi connectivity index (χ2n) is 2.89. The molecule has 0 aromatic carbocycles. The van der Waals surface area contributed by atoms with Crippen LogP contribution < -0.4 is 0 Å². The van der Waals surface area contributed by atoms with Crippen molar-refractivity contribution in [1.29, 1.82) is 0 Å². The van der Waals surface area contributed by atoms with Gasteiger partial charge in [-0.3, -0.25) is 0 Å². The van der Waals surface area contributed by atoms with Gasteiger partial charge in [-0.1, -0.05) is 0 Å². The van der Waals surface area contributed by atoms with Crippen molar-refractivity contribution in [3.05, 3.63) is 0 Å². The van der Waals surface area contributed by atoms with Gasteiger partial charge in [0.05, 0.1) is 0 Å². The third-order valence-corrected chi connectivity index (χ3v) is 11.1. The molecule has 0 fully saturated rings. The van der Waals surface area contributed by atoms with Gasteiger partial charge in [0.2, 0.25) is 0 Å². The standard InChI is InChI=1S/C8H14BrCl4F2IO5/c9-5-19-16(20-6-12,17-2-1-10,18-4-8(14)15)21-7(13)3-11/h7-8H,1-6H2. The monoisotopic (exact) mass is 574 g/mol. The summed E-state index contributed by atoms with van der Waals surface area (Å²) < 4.78 is 51.2. The maximum absolute atomic E-state index is 12.5. The molecule has 0 bridgehead atoms. The van der Waals surface area contributed by atoms with Gasteiger partial charge in [-0.05, 0) is 0 Å². The van der Waals surface area contributed by atoms with E-state index >= 15 is 0 Å². The van der Waals surface area contributed by atoms with E-state index in [0.717, 1.165) is 0 Å². The van der Waals surface area contributed by atoms with Crippen LogP contribution in [0.3, 0.4) is 0 Å². The third-order valence-electron chi connectivity index (χ3n) is 1.50. The SMILES string of the molecule is FC(F)COI(OCCl)(OCBr)(OCCCl)OC(Cl)CCl. The Hall–Kier alpha value is 2.03. The van der Waals surface area contributed by atoms with Crippen LogP contribution in [0, 0.1) is 0 Å². The first-order valence-corrected chi connectivity index (χ1v) is 12.8. The van der Waals surface area contributed by atoms with Gasteiger partial charge in [-0.15, -0.1) is 0 Å². The van der Waals surface area contributed by atoms with E-state index in [1.807, 2.05) is 0 Å². The van der Waals surface area contributed by atoms with Crippen LogP contribution in [0.2, 0.25) is 0 Å². The molecule has 1 atom stereocenters. The fourth-order valence-corrected chi connectivity index (χ4v) is 10.4. The second kappa shape index (κ2) is 11.6. The summed E-state index contributed by atoms with van der Waals surface area (Å²) in [5.74, 6) is -0.191. The average molecular weight is 577 g/mol. The Bertz CT molecular complexity index is 291. The predicted octanol–water partition coefficient (Wildman–Crippen LogP) is 5.08. The van der Waals surface area contributed by atoms with E-state index in [0.29, 0.717) is 0 Å². The molecule has 5 nitrogen and oxygen atoms in total. The molecule has 0 saturated heterocycles. The summed E-state index contributed by atoms with van der Waals surface area (Å²) in [4.78, 5) is 0. The number of rotatable bonds is 13. The Morgan fingerprint density at radius 2 is 1.71 bits per heavy atom. The van der Waals surface area contributed by atoms with E-state index in [1.165, 1.54) is 0 Å². The second-order valence-corrected chi connectivity index (χ2v) is 11.3. The normalized spacial score (nSPS) is 15.9. The molecule has 0 aliphatic carbocycles. The summed E-state index contributed by atoms with van der Waals surface area (Å²) >= 11 is 19.7. The van der Waals surface area contributed by atoms with Crippen LogP contribution in [0.5, 0.6) is 0 Å². The summed E-state index contributed by atoms with van der Waals surface area (Å²) in [7, 11) is 0. The fourth-order valence-electron chi connectivity index (χ4n) is 0.914. The summed E-state index contributed by atoms with van der Waals surface area (Å²) in [5, 5.41) is 0. The predicted molar refractivity (Wildman–Crippen MR) is 90.8 cm³/mol. The molecule has 0 spiro atoms. The number of hydrogen-bond acceptors (Lipinski definition) is 5. The average Bonchev–Trinajstić information content (AvgIpc) is 2.44. The molecule has 0 aliphatic heterocycles. The molecule has 0 saturated carbocycles. The van der Waals surface area contributed by atoms with Crippen LogP contribution in [0.15, 0.2) is 0 Å². The zero-order chi connectivity index (χ0) is 16.4. The maximum atomic E-state index is 12.5.